The highest BCUT2D eigenvalue weighted by Gasteiger charge is 2.25. The normalized spacial score (nSPS) is 15.6. The Morgan fingerprint density at radius 3 is 2.56 bits per heavy atom. The second-order valence-electron chi connectivity index (χ2n) is 6.22. The Hall–Kier alpha value is -2.38. The van der Waals surface area contributed by atoms with E-state index in [2.05, 4.69) is 20.2 Å². The molecule has 3 aromatic rings. The highest BCUT2D eigenvalue weighted by atomic mass is 32.2. The average molecular weight is 356 g/mol. The molecule has 130 valence electrons. The number of hydrogen-bond acceptors (Lipinski definition) is 5. The third kappa shape index (κ3) is 2.69. The van der Waals surface area contributed by atoms with Crippen LogP contribution in [0.5, 0.6) is 0 Å². The number of piperazine rings is 1. The Morgan fingerprint density at radius 1 is 1.12 bits per heavy atom. The first kappa shape index (κ1) is 16.1. The molecule has 0 radical (unpaired) electrons. The zero-order valence-electron chi connectivity index (χ0n) is 14.0. The molecule has 0 bridgehead atoms. The van der Waals surface area contributed by atoms with Crippen LogP contribution in [-0.4, -0.2) is 44.6 Å². The Labute approximate surface area is 146 Å². The first-order chi connectivity index (χ1) is 12.1. The SMILES string of the molecule is Cc1cnc(N2CCNCC2)c2[nH]cc(S(=O)(=O)c3ccccc3)c12. The van der Waals surface area contributed by atoms with Crippen LogP contribution >= 0.6 is 0 Å². The van der Waals surface area contributed by atoms with E-state index in [0.29, 0.717) is 9.79 Å². The quantitative estimate of drug-likeness (QED) is 0.752. The fraction of sp³-hybridized carbons (Fsp3) is 0.278. The summed E-state index contributed by atoms with van der Waals surface area (Å²) >= 11 is 0. The van der Waals surface area contributed by atoms with Crippen molar-refractivity contribution in [3.8, 4) is 0 Å². The zero-order chi connectivity index (χ0) is 17.4. The maximum absolute atomic E-state index is 13.1. The van der Waals surface area contributed by atoms with Gasteiger partial charge in [-0.25, -0.2) is 13.4 Å². The summed E-state index contributed by atoms with van der Waals surface area (Å²) in [6.45, 7) is 5.39. The largest absolute Gasteiger partial charge is 0.357 e. The molecule has 1 aliphatic heterocycles. The van der Waals surface area contributed by atoms with E-state index >= 15 is 0 Å². The summed E-state index contributed by atoms with van der Waals surface area (Å²) in [6.07, 6.45) is 3.35. The smallest absolute Gasteiger partial charge is 0.208 e. The number of benzene rings is 1. The van der Waals surface area contributed by atoms with Crippen molar-refractivity contribution in [2.24, 2.45) is 0 Å². The van der Waals surface area contributed by atoms with E-state index in [9.17, 15) is 8.42 Å². The van der Waals surface area contributed by atoms with Crippen molar-refractivity contribution in [3.05, 3.63) is 48.3 Å². The minimum atomic E-state index is -3.58. The molecule has 1 aromatic carbocycles. The number of nitrogens with one attached hydrogen (secondary N) is 2. The van der Waals surface area contributed by atoms with Gasteiger partial charge in [-0.1, -0.05) is 18.2 Å². The Balaban J connectivity index is 1.90. The van der Waals surface area contributed by atoms with Gasteiger partial charge >= 0.3 is 0 Å². The van der Waals surface area contributed by atoms with Gasteiger partial charge in [-0.05, 0) is 24.6 Å². The number of sulfone groups is 1. The number of anilines is 1. The number of nitrogens with zero attached hydrogens (tertiary/aromatic N) is 2. The van der Waals surface area contributed by atoms with Crippen LogP contribution < -0.4 is 10.2 Å². The number of aryl methyl sites for hydroxylation is 1. The maximum Gasteiger partial charge on any atom is 0.208 e. The van der Waals surface area contributed by atoms with Crippen LogP contribution in [0, 0.1) is 6.92 Å². The number of pyridine rings is 1. The summed E-state index contributed by atoms with van der Waals surface area (Å²) in [4.78, 5) is 10.5. The number of fused-ring (bicyclic) bond motifs is 1. The first-order valence-electron chi connectivity index (χ1n) is 8.31. The lowest BCUT2D eigenvalue weighted by Crippen LogP contribution is -2.44. The molecule has 1 saturated heterocycles. The molecule has 0 amide bonds. The van der Waals surface area contributed by atoms with E-state index in [1.807, 2.05) is 13.0 Å². The molecular formula is C18H20N4O2S. The Kier molecular flexibility index (Phi) is 3.97. The molecule has 1 fully saturated rings. The fourth-order valence-electron chi connectivity index (χ4n) is 3.32. The number of rotatable bonds is 3. The van der Waals surface area contributed by atoms with E-state index in [1.165, 1.54) is 0 Å². The van der Waals surface area contributed by atoms with Crippen LogP contribution in [0.1, 0.15) is 5.56 Å². The molecule has 25 heavy (non-hydrogen) atoms. The van der Waals surface area contributed by atoms with Gasteiger partial charge in [-0.15, -0.1) is 0 Å². The lowest BCUT2D eigenvalue weighted by atomic mass is 10.2. The predicted molar refractivity (Wildman–Crippen MR) is 97.8 cm³/mol. The van der Waals surface area contributed by atoms with E-state index < -0.39 is 9.84 Å². The van der Waals surface area contributed by atoms with Gasteiger partial charge in [-0.2, -0.15) is 0 Å². The molecule has 0 atom stereocenters. The number of aromatic amines is 1. The standard InChI is InChI=1S/C18H20N4O2S/c1-13-11-21-18(22-9-7-19-8-10-22)17-16(13)15(12-20-17)25(23,24)14-5-3-2-4-6-14/h2-6,11-12,19-20H,7-10H2,1H3. The molecule has 0 saturated carbocycles. The van der Waals surface area contributed by atoms with Crippen LogP contribution in [0.4, 0.5) is 5.82 Å². The van der Waals surface area contributed by atoms with Gasteiger partial charge < -0.3 is 15.2 Å². The van der Waals surface area contributed by atoms with E-state index in [4.69, 9.17) is 0 Å². The lowest BCUT2D eigenvalue weighted by molar-refractivity contribution is 0.586. The van der Waals surface area contributed by atoms with Crippen molar-refractivity contribution in [1.29, 1.82) is 0 Å². The van der Waals surface area contributed by atoms with Crippen LogP contribution in [0.25, 0.3) is 10.9 Å². The summed E-state index contributed by atoms with van der Waals surface area (Å²) in [7, 11) is -3.58. The van der Waals surface area contributed by atoms with Crippen molar-refractivity contribution >= 4 is 26.6 Å². The molecular weight excluding hydrogens is 336 g/mol. The average Bonchev–Trinajstić information content (AvgIpc) is 3.10. The number of H-pyrrole nitrogens is 1. The second-order valence-corrected chi connectivity index (χ2v) is 8.14. The van der Waals surface area contributed by atoms with Gasteiger partial charge in [0.15, 0.2) is 5.82 Å². The molecule has 0 spiro atoms. The predicted octanol–water partition coefficient (Wildman–Crippen LogP) is 2.11. The van der Waals surface area contributed by atoms with Crippen molar-refractivity contribution in [2.75, 3.05) is 31.1 Å². The lowest BCUT2D eigenvalue weighted by Gasteiger charge is -2.28. The van der Waals surface area contributed by atoms with Crippen LogP contribution in [0.2, 0.25) is 0 Å². The molecule has 4 rings (SSSR count). The number of aromatic nitrogens is 2. The topological polar surface area (TPSA) is 78.1 Å². The Morgan fingerprint density at radius 2 is 1.84 bits per heavy atom. The van der Waals surface area contributed by atoms with Crippen LogP contribution in [0.15, 0.2) is 52.5 Å². The minimum absolute atomic E-state index is 0.302. The van der Waals surface area contributed by atoms with Gasteiger partial charge in [0.1, 0.15) is 0 Å². The van der Waals surface area contributed by atoms with E-state index in [-0.39, 0.29) is 0 Å². The molecule has 2 N–H and O–H groups in total. The molecule has 6 nitrogen and oxygen atoms in total. The summed E-state index contributed by atoms with van der Waals surface area (Å²) in [5, 5.41) is 4.05. The molecule has 0 aliphatic carbocycles. The zero-order valence-corrected chi connectivity index (χ0v) is 14.8. The van der Waals surface area contributed by atoms with Crippen molar-refractivity contribution < 1.29 is 8.42 Å². The minimum Gasteiger partial charge on any atom is -0.357 e. The van der Waals surface area contributed by atoms with Gasteiger partial charge in [0.05, 0.1) is 15.3 Å². The summed E-state index contributed by atoms with van der Waals surface area (Å²) in [5.41, 5.74) is 1.64. The third-order valence-corrected chi connectivity index (χ3v) is 6.40. The summed E-state index contributed by atoms with van der Waals surface area (Å²) in [6, 6.07) is 8.54. The maximum atomic E-state index is 13.1. The van der Waals surface area contributed by atoms with Gasteiger partial charge in [0.25, 0.3) is 0 Å². The summed E-state index contributed by atoms with van der Waals surface area (Å²) in [5.74, 6) is 0.816. The van der Waals surface area contributed by atoms with Gasteiger partial charge in [0, 0.05) is 44.0 Å². The van der Waals surface area contributed by atoms with Crippen molar-refractivity contribution in [2.45, 2.75) is 16.7 Å². The van der Waals surface area contributed by atoms with Gasteiger partial charge in [0.2, 0.25) is 9.84 Å². The monoisotopic (exact) mass is 356 g/mol. The second kappa shape index (κ2) is 6.16. The molecule has 0 unspecified atom stereocenters. The van der Waals surface area contributed by atoms with E-state index in [1.54, 1.807) is 36.7 Å². The van der Waals surface area contributed by atoms with Crippen molar-refractivity contribution in [1.82, 2.24) is 15.3 Å². The fourth-order valence-corrected chi connectivity index (χ4v) is 4.83. The van der Waals surface area contributed by atoms with Crippen LogP contribution in [-0.2, 0) is 9.84 Å². The third-order valence-electron chi connectivity index (χ3n) is 4.60. The molecule has 2 aromatic heterocycles. The first-order valence-corrected chi connectivity index (χ1v) is 9.80. The molecule has 7 heteroatoms. The summed E-state index contributed by atoms with van der Waals surface area (Å²) < 4.78 is 26.2. The van der Waals surface area contributed by atoms with E-state index in [0.717, 1.165) is 48.5 Å². The van der Waals surface area contributed by atoms with Crippen LogP contribution in [0.3, 0.4) is 0 Å². The molecule has 1 aliphatic rings. The highest BCUT2D eigenvalue weighted by molar-refractivity contribution is 7.91. The Bertz CT molecular complexity index is 1010. The highest BCUT2D eigenvalue weighted by Crippen LogP contribution is 2.34. The van der Waals surface area contributed by atoms with Gasteiger partial charge in [-0.3, -0.25) is 0 Å². The molecule has 3 heterocycles. The van der Waals surface area contributed by atoms with Crippen molar-refractivity contribution in [3.63, 3.8) is 0 Å². The number of hydrogen-bond donors (Lipinski definition) is 2.